The second-order valence-corrected chi connectivity index (χ2v) is 6.17. The van der Waals surface area contributed by atoms with Crippen molar-refractivity contribution in [1.82, 2.24) is 14.7 Å². The average molecular weight is 393 g/mol. The highest BCUT2D eigenvalue weighted by Gasteiger charge is 2.34. The van der Waals surface area contributed by atoms with Crippen LogP contribution in [0.2, 0.25) is 10.0 Å². The number of alkyl halides is 3. The molecule has 0 aliphatic heterocycles. The number of hydrogen-bond donors (Lipinski definition) is 0. The molecule has 2 aromatic rings. The molecule has 0 atom stereocenters. The third kappa shape index (κ3) is 4.32. The number of halogens is 5. The molecule has 25 heavy (non-hydrogen) atoms. The zero-order valence-electron chi connectivity index (χ0n) is 13.4. The van der Waals surface area contributed by atoms with E-state index < -0.39 is 17.3 Å². The first-order valence-corrected chi connectivity index (χ1v) is 7.62. The fourth-order valence-electron chi connectivity index (χ4n) is 1.99. The third-order valence-corrected chi connectivity index (χ3v) is 3.73. The topological polar surface area (TPSA) is 50.5 Å². The van der Waals surface area contributed by atoms with E-state index in [1.807, 2.05) is 0 Å². The first-order valence-electron chi connectivity index (χ1n) is 6.86. The maximum absolute atomic E-state index is 12.9. The molecule has 0 saturated heterocycles. The van der Waals surface area contributed by atoms with Crippen LogP contribution < -0.4 is 5.43 Å². The van der Waals surface area contributed by atoms with Crippen molar-refractivity contribution < 1.29 is 13.2 Å². The molecule has 1 aromatic heterocycles. The van der Waals surface area contributed by atoms with Crippen LogP contribution in [0.25, 0.3) is 11.3 Å². The summed E-state index contributed by atoms with van der Waals surface area (Å²) in [6.07, 6.45) is -3.21. The molecule has 0 radical (unpaired) electrons. The van der Waals surface area contributed by atoms with Crippen LogP contribution in [0.5, 0.6) is 0 Å². The standard InChI is InChI=1S/C15H13Cl2F3N4O/c1-23(2)7-21-11-4-8(9(16)5-10(11)17)14-12(25)6-13(15(18,19)20)24(3)22-14/h4-7H,1-3H3. The van der Waals surface area contributed by atoms with Crippen molar-refractivity contribution in [3.05, 3.63) is 44.2 Å². The first-order chi connectivity index (χ1) is 11.5. The van der Waals surface area contributed by atoms with E-state index in [9.17, 15) is 18.0 Å². The van der Waals surface area contributed by atoms with Gasteiger partial charge < -0.3 is 4.90 Å². The lowest BCUT2D eigenvalue weighted by molar-refractivity contribution is -0.144. The molecule has 10 heteroatoms. The van der Waals surface area contributed by atoms with Gasteiger partial charge in [-0.15, -0.1) is 0 Å². The molecular weight excluding hydrogens is 380 g/mol. The molecule has 0 aliphatic rings. The van der Waals surface area contributed by atoms with Gasteiger partial charge in [-0.2, -0.15) is 18.3 Å². The Labute approximate surface area is 151 Å². The molecule has 1 aromatic carbocycles. The maximum atomic E-state index is 12.9. The molecule has 134 valence electrons. The summed E-state index contributed by atoms with van der Waals surface area (Å²) in [4.78, 5) is 17.9. The van der Waals surface area contributed by atoms with Crippen molar-refractivity contribution in [3.63, 3.8) is 0 Å². The van der Waals surface area contributed by atoms with Gasteiger partial charge in [0.2, 0.25) is 5.43 Å². The lowest BCUT2D eigenvalue weighted by atomic mass is 10.1. The summed E-state index contributed by atoms with van der Waals surface area (Å²) in [5, 5.41) is 4.04. The zero-order chi connectivity index (χ0) is 18.9. The summed E-state index contributed by atoms with van der Waals surface area (Å²) < 4.78 is 39.2. The van der Waals surface area contributed by atoms with Gasteiger partial charge in [-0.05, 0) is 12.1 Å². The number of hydrogen-bond acceptors (Lipinski definition) is 3. The zero-order valence-corrected chi connectivity index (χ0v) is 14.9. The number of benzene rings is 1. The van der Waals surface area contributed by atoms with Crippen molar-refractivity contribution in [2.24, 2.45) is 12.0 Å². The number of rotatable bonds is 3. The van der Waals surface area contributed by atoms with E-state index in [1.165, 1.54) is 18.5 Å². The number of aromatic nitrogens is 2. The summed E-state index contributed by atoms with van der Waals surface area (Å²) in [6.45, 7) is 0. The highest BCUT2D eigenvalue weighted by molar-refractivity contribution is 6.37. The molecule has 0 amide bonds. The molecule has 0 bridgehead atoms. The number of aryl methyl sites for hydroxylation is 1. The minimum absolute atomic E-state index is 0.0816. The average Bonchev–Trinajstić information content (AvgIpc) is 2.47. The summed E-state index contributed by atoms with van der Waals surface area (Å²) in [5.41, 5.74) is -1.84. The molecule has 0 aliphatic carbocycles. The van der Waals surface area contributed by atoms with Crippen molar-refractivity contribution in [3.8, 4) is 11.3 Å². The fourth-order valence-corrected chi connectivity index (χ4v) is 2.51. The van der Waals surface area contributed by atoms with Crippen LogP contribution in [-0.2, 0) is 13.2 Å². The summed E-state index contributed by atoms with van der Waals surface area (Å²) in [5.74, 6) is 0. The van der Waals surface area contributed by atoms with Gasteiger partial charge in [-0.3, -0.25) is 9.48 Å². The van der Waals surface area contributed by atoms with Gasteiger partial charge in [-0.25, -0.2) is 4.99 Å². The van der Waals surface area contributed by atoms with E-state index in [-0.39, 0.29) is 21.3 Å². The first kappa shape index (κ1) is 19.3. The van der Waals surface area contributed by atoms with Crippen molar-refractivity contribution >= 4 is 35.2 Å². The summed E-state index contributed by atoms with van der Waals surface area (Å²) >= 11 is 12.2. The fraction of sp³-hybridized carbons (Fsp3) is 0.267. The van der Waals surface area contributed by atoms with Crippen LogP contribution in [0.1, 0.15) is 5.69 Å². The lowest BCUT2D eigenvalue weighted by Gasteiger charge is -2.13. The molecule has 0 fully saturated rings. The van der Waals surface area contributed by atoms with E-state index in [2.05, 4.69) is 10.1 Å². The monoisotopic (exact) mass is 392 g/mol. The highest BCUT2D eigenvalue weighted by Crippen LogP contribution is 2.36. The van der Waals surface area contributed by atoms with Crippen LogP contribution in [0.3, 0.4) is 0 Å². The van der Waals surface area contributed by atoms with Gasteiger partial charge in [0.1, 0.15) is 11.4 Å². The van der Waals surface area contributed by atoms with E-state index >= 15 is 0 Å². The van der Waals surface area contributed by atoms with Gasteiger partial charge in [0.25, 0.3) is 0 Å². The van der Waals surface area contributed by atoms with Gasteiger partial charge >= 0.3 is 6.18 Å². The number of nitrogens with zero attached hydrogens (tertiary/aromatic N) is 4. The molecule has 0 N–H and O–H groups in total. The highest BCUT2D eigenvalue weighted by atomic mass is 35.5. The van der Waals surface area contributed by atoms with Crippen molar-refractivity contribution in [2.75, 3.05) is 14.1 Å². The van der Waals surface area contributed by atoms with Gasteiger partial charge in [-0.1, -0.05) is 23.2 Å². The molecule has 0 saturated carbocycles. The minimum atomic E-state index is -4.69. The predicted octanol–water partition coefficient (Wildman–Crippen LogP) is 3.99. The Kier molecular flexibility index (Phi) is 5.43. The van der Waals surface area contributed by atoms with E-state index in [0.717, 1.165) is 7.05 Å². The maximum Gasteiger partial charge on any atom is 0.433 e. The third-order valence-electron chi connectivity index (χ3n) is 3.11. The Bertz CT molecular complexity index is 892. The molecule has 1 heterocycles. The van der Waals surface area contributed by atoms with E-state index in [1.54, 1.807) is 19.0 Å². The smallest absolute Gasteiger partial charge is 0.369 e. The van der Waals surface area contributed by atoms with Crippen LogP contribution in [0.15, 0.2) is 28.0 Å². The SMILES string of the molecule is CN(C)C=Nc1cc(-c2nn(C)c(C(F)(F)F)cc2=O)c(Cl)cc1Cl. The molecular formula is C15H13Cl2F3N4O. The van der Waals surface area contributed by atoms with Gasteiger partial charge in [0, 0.05) is 32.8 Å². The van der Waals surface area contributed by atoms with E-state index in [4.69, 9.17) is 23.2 Å². The van der Waals surface area contributed by atoms with Crippen LogP contribution in [0.4, 0.5) is 18.9 Å². The van der Waals surface area contributed by atoms with Gasteiger partial charge in [0.15, 0.2) is 0 Å². The lowest BCUT2D eigenvalue weighted by Crippen LogP contribution is -2.22. The van der Waals surface area contributed by atoms with E-state index in [0.29, 0.717) is 16.4 Å². The van der Waals surface area contributed by atoms with Crippen molar-refractivity contribution in [2.45, 2.75) is 6.18 Å². The molecule has 0 spiro atoms. The molecule has 2 rings (SSSR count). The Balaban J connectivity index is 2.65. The van der Waals surface area contributed by atoms with Crippen LogP contribution >= 0.6 is 23.2 Å². The van der Waals surface area contributed by atoms with Crippen LogP contribution in [0, 0.1) is 0 Å². The van der Waals surface area contributed by atoms with Gasteiger partial charge in [0.05, 0.1) is 22.1 Å². The molecule has 0 unspecified atom stereocenters. The normalized spacial score (nSPS) is 12.0. The number of aliphatic imine (C=N–C) groups is 1. The summed E-state index contributed by atoms with van der Waals surface area (Å²) in [6, 6.07) is 3.25. The Morgan fingerprint density at radius 1 is 1.20 bits per heavy atom. The van der Waals surface area contributed by atoms with Crippen LogP contribution in [-0.4, -0.2) is 35.1 Å². The Hall–Kier alpha value is -2.06. The largest absolute Gasteiger partial charge is 0.433 e. The summed E-state index contributed by atoms with van der Waals surface area (Å²) in [7, 11) is 4.60. The Morgan fingerprint density at radius 2 is 1.84 bits per heavy atom. The quantitative estimate of drug-likeness (QED) is 0.585. The predicted molar refractivity (Wildman–Crippen MR) is 91.8 cm³/mol. The minimum Gasteiger partial charge on any atom is -0.369 e. The second kappa shape index (κ2) is 7.05. The van der Waals surface area contributed by atoms with Crippen molar-refractivity contribution in [1.29, 1.82) is 0 Å². The Morgan fingerprint density at radius 3 is 2.40 bits per heavy atom. The second-order valence-electron chi connectivity index (χ2n) is 5.36. The molecule has 5 nitrogen and oxygen atoms in total.